The van der Waals surface area contributed by atoms with Crippen LogP contribution in [0.4, 0.5) is 0 Å². The average Bonchev–Trinajstić information content (AvgIpc) is 2.57. The quantitative estimate of drug-likeness (QED) is 0.666. The van der Waals surface area contributed by atoms with E-state index in [1.54, 1.807) is 0 Å². The zero-order valence-corrected chi connectivity index (χ0v) is 8.38. The summed E-state index contributed by atoms with van der Waals surface area (Å²) in [5.41, 5.74) is 3.33. The first-order valence-electron chi connectivity index (χ1n) is 4.72. The van der Waals surface area contributed by atoms with Gasteiger partial charge in [-0.25, -0.2) is 4.98 Å². The number of hydrogen-bond donors (Lipinski definition) is 1. The van der Waals surface area contributed by atoms with Crippen LogP contribution in [-0.4, -0.2) is 15.9 Å². The van der Waals surface area contributed by atoms with Gasteiger partial charge in [-0.3, -0.25) is 4.40 Å². The third kappa shape index (κ3) is 1.06. The molecular weight excluding hydrogens is 198 g/mol. The zero-order valence-electron chi connectivity index (χ0n) is 7.63. The lowest BCUT2D eigenvalue weighted by Gasteiger charge is -2.12. The van der Waals surface area contributed by atoms with Gasteiger partial charge < -0.3 is 5.32 Å². The van der Waals surface area contributed by atoms with Crippen molar-refractivity contribution >= 4 is 17.2 Å². The number of halogens is 1. The van der Waals surface area contributed by atoms with Crippen LogP contribution in [-0.2, 0) is 13.0 Å². The Hall–Kier alpha value is -1.06. The molecule has 0 saturated carbocycles. The lowest BCUT2D eigenvalue weighted by atomic mass is 10.2. The second-order valence-electron chi connectivity index (χ2n) is 3.47. The van der Waals surface area contributed by atoms with Crippen LogP contribution in [0.5, 0.6) is 0 Å². The molecule has 0 aromatic carbocycles. The predicted octanol–water partition coefficient (Wildman–Crippen LogP) is 1.63. The molecule has 0 atom stereocenters. The van der Waals surface area contributed by atoms with Crippen LogP contribution in [0.2, 0.25) is 5.15 Å². The molecule has 0 bridgehead atoms. The number of nitrogens with zero attached hydrogens (tertiary/aromatic N) is 2. The molecule has 0 aliphatic carbocycles. The standard InChI is InChI=1S/C10H10ClN3/c11-9-2-1-3-10-13-7-4-5-12-6-8(7)14(9)10/h1-3,12H,4-6H2. The maximum Gasteiger partial charge on any atom is 0.138 e. The second kappa shape index (κ2) is 2.97. The molecule has 2 aromatic rings. The lowest BCUT2D eigenvalue weighted by molar-refractivity contribution is 0.621. The summed E-state index contributed by atoms with van der Waals surface area (Å²) >= 11 is 6.13. The van der Waals surface area contributed by atoms with Crippen LogP contribution >= 0.6 is 11.6 Å². The molecule has 3 rings (SSSR count). The van der Waals surface area contributed by atoms with E-state index < -0.39 is 0 Å². The summed E-state index contributed by atoms with van der Waals surface area (Å²) in [5, 5.41) is 4.06. The molecular formula is C10H10ClN3. The minimum Gasteiger partial charge on any atom is -0.311 e. The Kier molecular flexibility index (Phi) is 1.75. The summed E-state index contributed by atoms with van der Waals surface area (Å²) in [6.45, 7) is 1.87. The van der Waals surface area contributed by atoms with Crippen molar-refractivity contribution < 1.29 is 0 Å². The van der Waals surface area contributed by atoms with Gasteiger partial charge in [0.25, 0.3) is 0 Å². The molecule has 3 heterocycles. The van der Waals surface area contributed by atoms with Gasteiger partial charge in [0.15, 0.2) is 0 Å². The highest BCUT2D eigenvalue weighted by molar-refractivity contribution is 6.29. The predicted molar refractivity (Wildman–Crippen MR) is 55.6 cm³/mol. The van der Waals surface area contributed by atoms with Gasteiger partial charge in [-0.2, -0.15) is 0 Å². The molecule has 4 heteroatoms. The summed E-state index contributed by atoms with van der Waals surface area (Å²) in [7, 11) is 0. The molecule has 1 aliphatic heterocycles. The van der Waals surface area contributed by atoms with E-state index in [2.05, 4.69) is 10.3 Å². The highest BCUT2D eigenvalue weighted by atomic mass is 35.5. The lowest BCUT2D eigenvalue weighted by Crippen LogP contribution is -2.24. The van der Waals surface area contributed by atoms with Gasteiger partial charge in [0.05, 0.1) is 11.4 Å². The smallest absolute Gasteiger partial charge is 0.138 e. The first-order chi connectivity index (χ1) is 6.86. The van der Waals surface area contributed by atoms with E-state index in [-0.39, 0.29) is 0 Å². The van der Waals surface area contributed by atoms with Crippen molar-refractivity contribution in [2.75, 3.05) is 6.54 Å². The van der Waals surface area contributed by atoms with Gasteiger partial charge in [0.2, 0.25) is 0 Å². The van der Waals surface area contributed by atoms with Crippen molar-refractivity contribution in [2.24, 2.45) is 0 Å². The Labute approximate surface area is 86.7 Å². The number of imidazole rings is 1. The summed E-state index contributed by atoms with van der Waals surface area (Å²) in [4.78, 5) is 4.55. The van der Waals surface area contributed by atoms with Crippen LogP contribution in [0.3, 0.4) is 0 Å². The summed E-state index contributed by atoms with van der Waals surface area (Å²) in [6, 6.07) is 5.82. The highest BCUT2D eigenvalue weighted by Gasteiger charge is 2.16. The van der Waals surface area contributed by atoms with Crippen LogP contribution in [0.15, 0.2) is 18.2 Å². The van der Waals surface area contributed by atoms with Crippen LogP contribution in [0.25, 0.3) is 5.65 Å². The molecule has 72 valence electrons. The average molecular weight is 208 g/mol. The first kappa shape index (κ1) is 8.26. The number of aromatic nitrogens is 2. The van der Waals surface area contributed by atoms with E-state index >= 15 is 0 Å². The van der Waals surface area contributed by atoms with E-state index in [0.717, 1.165) is 30.3 Å². The van der Waals surface area contributed by atoms with Gasteiger partial charge in [0.1, 0.15) is 10.8 Å². The van der Waals surface area contributed by atoms with Crippen molar-refractivity contribution in [3.63, 3.8) is 0 Å². The van der Waals surface area contributed by atoms with Crippen LogP contribution in [0, 0.1) is 0 Å². The normalized spacial score (nSPS) is 15.8. The van der Waals surface area contributed by atoms with Gasteiger partial charge in [0, 0.05) is 19.5 Å². The molecule has 0 radical (unpaired) electrons. The van der Waals surface area contributed by atoms with E-state index in [9.17, 15) is 0 Å². The van der Waals surface area contributed by atoms with Crippen molar-refractivity contribution in [3.05, 3.63) is 34.7 Å². The number of hydrogen-bond acceptors (Lipinski definition) is 2. The minimum atomic E-state index is 0.736. The van der Waals surface area contributed by atoms with Crippen molar-refractivity contribution in [1.29, 1.82) is 0 Å². The highest BCUT2D eigenvalue weighted by Crippen LogP contribution is 2.20. The SMILES string of the molecule is Clc1cccc2nc3c(n12)CNCC3. The Morgan fingerprint density at radius 3 is 3.29 bits per heavy atom. The topological polar surface area (TPSA) is 29.3 Å². The third-order valence-corrected chi connectivity index (χ3v) is 2.90. The molecule has 1 aliphatic rings. The molecule has 0 spiro atoms. The zero-order chi connectivity index (χ0) is 9.54. The molecule has 0 saturated heterocycles. The fourth-order valence-corrected chi connectivity index (χ4v) is 2.21. The maximum absolute atomic E-state index is 6.13. The van der Waals surface area contributed by atoms with Crippen molar-refractivity contribution in [1.82, 2.24) is 14.7 Å². The Morgan fingerprint density at radius 1 is 1.43 bits per heavy atom. The molecule has 2 aromatic heterocycles. The molecule has 3 nitrogen and oxygen atoms in total. The largest absolute Gasteiger partial charge is 0.311 e. The van der Waals surface area contributed by atoms with E-state index in [4.69, 9.17) is 11.6 Å². The van der Waals surface area contributed by atoms with E-state index in [1.165, 1.54) is 11.4 Å². The summed E-state index contributed by atoms with van der Waals surface area (Å²) < 4.78 is 2.02. The van der Waals surface area contributed by atoms with Crippen molar-refractivity contribution in [3.8, 4) is 0 Å². The summed E-state index contributed by atoms with van der Waals surface area (Å²) in [5.74, 6) is 0. The Morgan fingerprint density at radius 2 is 2.36 bits per heavy atom. The third-order valence-electron chi connectivity index (χ3n) is 2.61. The van der Waals surface area contributed by atoms with E-state index in [0.29, 0.717) is 0 Å². The summed E-state index contributed by atoms with van der Waals surface area (Å²) in [6.07, 6.45) is 0.993. The second-order valence-corrected chi connectivity index (χ2v) is 3.86. The first-order valence-corrected chi connectivity index (χ1v) is 5.09. The molecule has 14 heavy (non-hydrogen) atoms. The molecule has 1 N–H and O–H groups in total. The van der Waals surface area contributed by atoms with Gasteiger partial charge >= 0.3 is 0 Å². The number of rotatable bonds is 0. The monoisotopic (exact) mass is 207 g/mol. The molecule has 0 unspecified atom stereocenters. The van der Waals surface area contributed by atoms with Gasteiger partial charge in [-0.1, -0.05) is 17.7 Å². The number of fused-ring (bicyclic) bond motifs is 3. The van der Waals surface area contributed by atoms with Crippen LogP contribution in [0.1, 0.15) is 11.4 Å². The fraction of sp³-hybridized carbons (Fsp3) is 0.300. The number of pyridine rings is 1. The van der Waals surface area contributed by atoms with Gasteiger partial charge in [-0.05, 0) is 12.1 Å². The maximum atomic E-state index is 6.13. The minimum absolute atomic E-state index is 0.736. The van der Waals surface area contributed by atoms with E-state index in [1.807, 2.05) is 22.6 Å². The van der Waals surface area contributed by atoms with Gasteiger partial charge in [-0.15, -0.1) is 0 Å². The number of nitrogens with one attached hydrogen (secondary N) is 1. The van der Waals surface area contributed by atoms with Crippen LogP contribution < -0.4 is 5.32 Å². The molecule has 0 amide bonds. The Balaban J connectivity index is 2.38. The van der Waals surface area contributed by atoms with Crippen molar-refractivity contribution in [2.45, 2.75) is 13.0 Å². The molecule has 0 fully saturated rings. The Bertz CT molecular complexity index is 489. The fourth-order valence-electron chi connectivity index (χ4n) is 1.95.